The second-order valence-electron chi connectivity index (χ2n) is 12.0. The third-order valence-corrected chi connectivity index (χ3v) is 9.28. The number of hydrogen-bond acceptors (Lipinski definition) is 8. The Hall–Kier alpha value is -4.08. The van der Waals surface area contributed by atoms with E-state index in [1.807, 2.05) is 44.2 Å². The Labute approximate surface area is 234 Å². The third-order valence-electron chi connectivity index (χ3n) is 9.28. The summed E-state index contributed by atoms with van der Waals surface area (Å²) in [5, 5.41) is 41.6. The van der Waals surface area contributed by atoms with Crippen LogP contribution in [0.25, 0.3) is 11.1 Å². The zero-order chi connectivity index (χ0) is 29.5. The lowest BCUT2D eigenvalue weighted by Crippen LogP contribution is -2.68. The molecule has 2 aromatic carbocycles. The summed E-state index contributed by atoms with van der Waals surface area (Å²) in [6.45, 7) is 8.03. The van der Waals surface area contributed by atoms with Crippen molar-refractivity contribution in [2.45, 2.75) is 38.3 Å². The van der Waals surface area contributed by atoms with Crippen LogP contribution in [0.1, 0.15) is 31.4 Å². The van der Waals surface area contributed by atoms with Gasteiger partial charge in [-0.05, 0) is 67.4 Å². The molecule has 0 aromatic heterocycles. The Morgan fingerprint density at radius 2 is 1.85 bits per heavy atom. The highest BCUT2D eigenvalue weighted by atomic mass is 16.5. The number of amidine groups is 1. The minimum Gasteiger partial charge on any atom is -0.510 e. The lowest BCUT2D eigenvalue weighted by Gasteiger charge is -2.62. The molecule has 40 heavy (non-hydrogen) atoms. The molecule has 210 valence electrons. The molecule has 0 saturated heterocycles. The van der Waals surface area contributed by atoms with Gasteiger partial charge in [-0.25, -0.2) is 0 Å². The van der Waals surface area contributed by atoms with E-state index in [1.165, 1.54) is 0 Å². The van der Waals surface area contributed by atoms with Gasteiger partial charge in [0.2, 0.25) is 0 Å². The van der Waals surface area contributed by atoms with E-state index in [1.54, 1.807) is 32.2 Å². The highest BCUT2D eigenvalue weighted by Gasteiger charge is 2.67. The molecule has 2 aromatic rings. The van der Waals surface area contributed by atoms with Crippen molar-refractivity contribution in [3.8, 4) is 16.9 Å². The van der Waals surface area contributed by atoms with Gasteiger partial charge in [0.15, 0.2) is 0 Å². The van der Waals surface area contributed by atoms with Crippen molar-refractivity contribution < 1.29 is 14.9 Å². The number of ether oxygens (including phenoxy) is 1. The molecule has 0 bridgehead atoms. The van der Waals surface area contributed by atoms with Crippen molar-refractivity contribution in [1.82, 2.24) is 4.90 Å². The number of methoxy groups -OCH3 is 1. The second-order valence-corrected chi connectivity index (χ2v) is 12.0. The SMILES string of the molecule is C=C1C(C(=N)N)=C(O)[C@@H](N(C)C)[C@]2(C)C[C@]3(C)Cc4c(-c5cccc(OC)c5)ccc(N)c4C(=N)C3=C(N)[C@]12O. The molecule has 3 aliphatic carbocycles. The summed E-state index contributed by atoms with van der Waals surface area (Å²) in [4.78, 5) is 1.80. The molecule has 0 aliphatic heterocycles. The topological polar surface area (TPSA) is 179 Å². The zero-order valence-electron chi connectivity index (χ0n) is 23.6. The molecule has 0 spiro atoms. The zero-order valence-corrected chi connectivity index (χ0v) is 23.6. The average molecular weight is 543 g/mol. The van der Waals surface area contributed by atoms with Gasteiger partial charge in [0.1, 0.15) is 22.9 Å². The molecule has 3 aliphatic rings. The molecular weight excluding hydrogens is 504 g/mol. The molecule has 0 radical (unpaired) electrons. The van der Waals surface area contributed by atoms with Gasteiger partial charge in [0.25, 0.3) is 0 Å². The van der Waals surface area contributed by atoms with Crippen LogP contribution in [-0.4, -0.2) is 59.5 Å². The molecule has 9 heteroatoms. The Bertz CT molecular complexity index is 1570. The van der Waals surface area contributed by atoms with Crippen LogP contribution in [0.5, 0.6) is 5.75 Å². The van der Waals surface area contributed by atoms with Gasteiger partial charge in [-0.1, -0.05) is 38.6 Å². The number of benzene rings is 2. The van der Waals surface area contributed by atoms with Crippen LogP contribution in [0.15, 0.2) is 71.2 Å². The molecule has 4 atom stereocenters. The number of aliphatic hydroxyl groups excluding tert-OH is 1. The summed E-state index contributed by atoms with van der Waals surface area (Å²) >= 11 is 0. The number of nitrogens with one attached hydrogen (secondary N) is 2. The molecule has 0 fully saturated rings. The third kappa shape index (κ3) is 3.34. The maximum Gasteiger partial charge on any atom is 0.137 e. The summed E-state index contributed by atoms with van der Waals surface area (Å²) in [6.07, 6.45) is 0.860. The van der Waals surface area contributed by atoms with Crippen molar-refractivity contribution in [3.63, 3.8) is 0 Å². The average Bonchev–Trinajstić information content (AvgIpc) is 2.86. The van der Waals surface area contributed by atoms with E-state index in [2.05, 4.69) is 6.58 Å². The molecule has 0 saturated carbocycles. The summed E-state index contributed by atoms with van der Waals surface area (Å²) in [5.74, 6) is 0.188. The molecule has 9 nitrogen and oxygen atoms in total. The number of hydrogen-bond donors (Lipinski definition) is 7. The predicted molar refractivity (Wildman–Crippen MR) is 159 cm³/mol. The van der Waals surface area contributed by atoms with Gasteiger partial charge in [-0.15, -0.1) is 0 Å². The Balaban J connectivity index is 1.81. The van der Waals surface area contributed by atoms with Gasteiger partial charge in [0.05, 0.1) is 30.1 Å². The molecule has 0 amide bonds. The van der Waals surface area contributed by atoms with Crippen LogP contribution < -0.4 is 21.9 Å². The normalized spacial score (nSPS) is 29.7. The highest BCUT2D eigenvalue weighted by molar-refractivity contribution is 6.18. The minimum absolute atomic E-state index is 0.0200. The standard InChI is InChI=1S/C31H38N6O3/c1-15-21(28(35)36)25(38)27(37(4)5)30(3)14-29(2)13-19-18(16-8-7-9-17(12-16)40-6)10-11-20(32)22(19)24(33)23(29)26(34)31(15,30)39/h7-12,27,33,38-39H,1,13-14,32,34H2,2-6H3,(H3,35,36)/t27-,29+,30+,31-/m1/s1. The maximum atomic E-state index is 12.6. The fourth-order valence-electron chi connectivity index (χ4n) is 7.84. The van der Waals surface area contributed by atoms with Gasteiger partial charge < -0.3 is 32.2 Å². The van der Waals surface area contributed by atoms with Crippen LogP contribution >= 0.6 is 0 Å². The lowest BCUT2D eigenvalue weighted by molar-refractivity contribution is -0.0981. The Morgan fingerprint density at radius 3 is 2.45 bits per heavy atom. The van der Waals surface area contributed by atoms with Crippen LogP contribution in [0, 0.1) is 21.6 Å². The summed E-state index contributed by atoms with van der Waals surface area (Å²) in [7, 11) is 5.23. The minimum atomic E-state index is -1.88. The van der Waals surface area contributed by atoms with E-state index in [0.29, 0.717) is 29.7 Å². The molecular formula is C31H38N6O3. The number of rotatable bonds is 4. The monoisotopic (exact) mass is 542 g/mol. The fraction of sp³-hybridized carbons (Fsp3) is 0.355. The number of fused-ring (bicyclic) bond motifs is 3. The largest absolute Gasteiger partial charge is 0.510 e. The van der Waals surface area contributed by atoms with Gasteiger partial charge >= 0.3 is 0 Å². The number of likely N-dealkylation sites (N-methyl/N-ethyl adjacent to an activating group) is 1. The highest BCUT2D eigenvalue weighted by Crippen LogP contribution is 2.64. The van der Waals surface area contributed by atoms with E-state index in [-0.39, 0.29) is 28.3 Å². The van der Waals surface area contributed by atoms with Crippen LogP contribution in [-0.2, 0) is 6.42 Å². The Kier molecular flexibility index (Phi) is 5.98. The van der Waals surface area contributed by atoms with Crippen LogP contribution in [0.4, 0.5) is 5.69 Å². The van der Waals surface area contributed by atoms with Crippen molar-refractivity contribution in [2.24, 2.45) is 22.3 Å². The second kappa shape index (κ2) is 8.71. The first-order valence-corrected chi connectivity index (χ1v) is 13.2. The number of nitrogen functional groups attached to an aromatic ring is 1. The van der Waals surface area contributed by atoms with Gasteiger partial charge in [-0.2, -0.15) is 0 Å². The van der Waals surface area contributed by atoms with E-state index >= 15 is 0 Å². The molecule has 5 rings (SSSR count). The number of anilines is 1. The first kappa shape index (κ1) is 27.5. The van der Waals surface area contributed by atoms with Crippen LogP contribution in [0.2, 0.25) is 0 Å². The smallest absolute Gasteiger partial charge is 0.137 e. The molecule has 0 heterocycles. The maximum absolute atomic E-state index is 12.6. The van der Waals surface area contributed by atoms with Gasteiger partial charge in [-0.3, -0.25) is 15.7 Å². The van der Waals surface area contributed by atoms with E-state index in [0.717, 1.165) is 22.4 Å². The van der Waals surface area contributed by atoms with E-state index in [9.17, 15) is 15.6 Å². The van der Waals surface area contributed by atoms with Crippen molar-refractivity contribution >= 4 is 17.2 Å². The van der Waals surface area contributed by atoms with Crippen molar-refractivity contribution in [3.05, 3.63) is 82.3 Å². The summed E-state index contributed by atoms with van der Waals surface area (Å²) in [6, 6.07) is 10.8. The Morgan fingerprint density at radius 1 is 1.18 bits per heavy atom. The summed E-state index contributed by atoms with van der Waals surface area (Å²) < 4.78 is 5.46. The quantitative estimate of drug-likeness (QED) is 0.175. The number of aliphatic hydroxyl groups is 2. The fourth-order valence-corrected chi connectivity index (χ4v) is 7.84. The first-order valence-electron chi connectivity index (χ1n) is 13.2. The van der Waals surface area contributed by atoms with E-state index in [4.69, 9.17) is 27.3 Å². The first-order chi connectivity index (χ1) is 18.6. The summed E-state index contributed by atoms with van der Waals surface area (Å²) in [5.41, 5.74) is 20.3. The number of allylic oxidation sites excluding steroid dienone is 1. The van der Waals surface area contributed by atoms with E-state index < -0.39 is 28.3 Å². The van der Waals surface area contributed by atoms with Crippen molar-refractivity contribution in [1.29, 1.82) is 10.8 Å². The molecule has 0 unspecified atom stereocenters. The van der Waals surface area contributed by atoms with Crippen LogP contribution in [0.3, 0.4) is 0 Å². The van der Waals surface area contributed by atoms with Crippen molar-refractivity contribution in [2.75, 3.05) is 26.9 Å². The lowest BCUT2D eigenvalue weighted by atomic mass is 9.46. The predicted octanol–water partition coefficient (Wildman–Crippen LogP) is 3.48. The van der Waals surface area contributed by atoms with Gasteiger partial charge in [0, 0.05) is 27.7 Å². The molecule has 10 N–H and O–H groups in total. The number of nitrogens with two attached hydrogens (primary N) is 3. The number of nitrogens with zero attached hydrogens (tertiary/aromatic N) is 1.